The second-order valence-corrected chi connectivity index (χ2v) is 6.11. The molecule has 0 radical (unpaired) electrons. The van der Waals surface area contributed by atoms with E-state index < -0.39 is 11.9 Å². The summed E-state index contributed by atoms with van der Waals surface area (Å²) in [7, 11) is 1.55. The number of benzene rings is 1. The fourth-order valence-corrected chi connectivity index (χ4v) is 3.15. The van der Waals surface area contributed by atoms with E-state index in [4.69, 9.17) is 9.47 Å². The van der Waals surface area contributed by atoms with E-state index in [1.54, 1.807) is 25.0 Å². The Morgan fingerprint density at radius 2 is 2.12 bits per heavy atom. The van der Waals surface area contributed by atoms with Gasteiger partial charge >= 0.3 is 5.97 Å². The van der Waals surface area contributed by atoms with Crippen molar-refractivity contribution in [1.82, 2.24) is 4.90 Å². The predicted octanol–water partition coefficient (Wildman–Crippen LogP) is 2.82. The Labute approximate surface area is 148 Å². The van der Waals surface area contributed by atoms with Gasteiger partial charge in [-0.25, -0.2) is 0 Å². The number of amides is 1. The normalized spacial score (nSPS) is 20.5. The van der Waals surface area contributed by atoms with Crippen LogP contribution in [-0.2, 0) is 9.59 Å². The molecular formula is C19H25NO5. The number of allylic oxidation sites excluding steroid dienone is 1. The second kappa shape index (κ2) is 8.55. The molecule has 0 saturated carbocycles. The average molecular weight is 347 g/mol. The molecule has 136 valence electrons. The third-order valence-corrected chi connectivity index (χ3v) is 4.52. The van der Waals surface area contributed by atoms with Crippen LogP contribution in [0.1, 0.15) is 32.3 Å². The first-order valence-corrected chi connectivity index (χ1v) is 8.43. The van der Waals surface area contributed by atoms with Gasteiger partial charge in [-0.15, -0.1) is 0 Å². The van der Waals surface area contributed by atoms with E-state index in [0.717, 1.165) is 5.56 Å². The van der Waals surface area contributed by atoms with Gasteiger partial charge in [-0.2, -0.15) is 0 Å². The molecule has 1 saturated heterocycles. The van der Waals surface area contributed by atoms with E-state index in [2.05, 4.69) is 0 Å². The highest BCUT2D eigenvalue weighted by Crippen LogP contribution is 2.29. The molecule has 1 N–H and O–H groups in total. The number of carboxylic acids is 1. The lowest BCUT2D eigenvalue weighted by Gasteiger charge is -2.37. The summed E-state index contributed by atoms with van der Waals surface area (Å²) in [5, 5.41) is 9.26. The molecule has 6 heteroatoms. The van der Waals surface area contributed by atoms with Crippen molar-refractivity contribution in [3.05, 3.63) is 29.8 Å². The van der Waals surface area contributed by atoms with Crippen LogP contribution in [0.2, 0.25) is 0 Å². The van der Waals surface area contributed by atoms with Crippen LogP contribution in [0.15, 0.2) is 24.3 Å². The first-order valence-electron chi connectivity index (χ1n) is 8.43. The van der Waals surface area contributed by atoms with Crippen LogP contribution in [0.5, 0.6) is 11.5 Å². The van der Waals surface area contributed by atoms with Crippen LogP contribution < -0.4 is 9.47 Å². The zero-order valence-corrected chi connectivity index (χ0v) is 14.9. The number of aliphatic carboxylic acids is 1. The quantitative estimate of drug-likeness (QED) is 0.856. The molecular weight excluding hydrogens is 322 g/mol. The summed E-state index contributed by atoms with van der Waals surface area (Å²) in [5.41, 5.74) is 0.979. The molecule has 2 atom stereocenters. The van der Waals surface area contributed by atoms with Gasteiger partial charge in [0.2, 0.25) is 0 Å². The third-order valence-electron chi connectivity index (χ3n) is 4.52. The van der Waals surface area contributed by atoms with E-state index in [0.29, 0.717) is 30.9 Å². The van der Waals surface area contributed by atoms with Crippen molar-refractivity contribution in [2.45, 2.75) is 32.7 Å². The van der Waals surface area contributed by atoms with Gasteiger partial charge < -0.3 is 19.5 Å². The minimum absolute atomic E-state index is 0.143. The number of carboxylic acid groups (broad SMARTS) is 1. The topological polar surface area (TPSA) is 76.1 Å². The molecule has 6 nitrogen and oxygen atoms in total. The monoisotopic (exact) mass is 347 g/mol. The minimum Gasteiger partial charge on any atom is -0.493 e. The van der Waals surface area contributed by atoms with Crippen LogP contribution >= 0.6 is 0 Å². The van der Waals surface area contributed by atoms with Crippen LogP contribution in [0.3, 0.4) is 0 Å². The molecule has 1 fully saturated rings. The number of hydrogen-bond acceptors (Lipinski definition) is 4. The Hall–Kier alpha value is -2.50. The zero-order chi connectivity index (χ0) is 18.4. The maximum atomic E-state index is 12.5. The SMILES string of the molecule is C/C=C/c1ccc(OCC(=O)N2CCC[C@H](C(=O)O)[C@@H]2C)c(OC)c1. The van der Waals surface area contributed by atoms with Crippen LogP contribution in [0.25, 0.3) is 6.08 Å². The summed E-state index contributed by atoms with van der Waals surface area (Å²) in [5.74, 6) is -0.542. The molecule has 0 aliphatic carbocycles. The van der Waals surface area contributed by atoms with E-state index >= 15 is 0 Å². The van der Waals surface area contributed by atoms with Crippen molar-refractivity contribution in [2.24, 2.45) is 5.92 Å². The van der Waals surface area contributed by atoms with E-state index in [-0.39, 0.29) is 18.6 Å². The highest BCUT2D eigenvalue weighted by molar-refractivity contribution is 5.80. The minimum atomic E-state index is -0.854. The van der Waals surface area contributed by atoms with Crippen molar-refractivity contribution >= 4 is 18.0 Å². The lowest BCUT2D eigenvalue weighted by atomic mass is 9.90. The molecule has 0 bridgehead atoms. The fraction of sp³-hybridized carbons (Fsp3) is 0.474. The number of likely N-dealkylation sites (tertiary alicyclic amines) is 1. The van der Waals surface area contributed by atoms with Gasteiger partial charge in [-0.1, -0.05) is 18.2 Å². The van der Waals surface area contributed by atoms with Gasteiger partial charge in [-0.05, 0) is 44.4 Å². The van der Waals surface area contributed by atoms with E-state index in [1.165, 1.54) is 0 Å². The van der Waals surface area contributed by atoms with Gasteiger partial charge in [0.05, 0.1) is 13.0 Å². The van der Waals surface area contributed by atoms with Crippen molar-refractivity contribution in [1.29, 1.82) is 0 Å². The van der Waals surface area contributed by atoms with Gasteiger partial charge in [0, 0.05) is 12.6 Å². The molecule has 1 aromatic carbocycles. The van der Waals surface area contributed by atoms with Crippen LogP contribution in [0, 0.1) is 5.92 Å². The molecule has 1 aliphatic heterocycles. The number of methoxy groups -OCH3 is 1. The first kappa shape index (κ1) is 18.8. The molecule has 1 aliphatic rings. The maximum absolute atomic E-state index is 12.5. The smallest absolute Gasteiger partial charge is 0.308 e. The Morgan fingerprint density at radius 3 is 2.76 bits per heavy atom. The highest BCUT2D eigenvalue weighted by Gasteiger charge is 2.35. The summed E-state index contributed by atoms with van der Waals surface area (Å²) in [6.07, 6.45) is 5.16. The lowest BCUT2D eigenvalue weighted by Crippen LogP contribution is -2.50. The van der Waals surface area contributed by atoms with Gasteiger partial charge in [0.1, 0.15) is 0 Å². The Morgan fingerprint density at radius 1 is 1.36 bits per heavy atom. The number of piperidine rings is 1. The summed E-state index contributed by atoms with van der Waals surface area (Å²) in [6.45, 7) is 4.13. The highest BCUT2D eigenvalue weighted by atomic mass is 16.5. The van der Waals surface area contributed by atoms with Crippen molar-refractivity contribution < 1.29 is 24.2 Å². The summed E-state index contributed by atoms with van der Waals surface area (Å²) < 4.78 is 11.0. The Kier molecular flexibility index (Phi) is 6.44. The van der Waals surface area contributed by atoms with Crippen molar-refractivity contribution in [3.8, 4) is 11.5 Å². The maximum Gasteiger partial charge on any atom is 0.308 e. The molecule has 0 spiro atoms. The molecule has 1 aromatic rings. The van der Waals surface area contributed by atoms with Crippen LogP contribution in [0.4, 0.5) is 0 Å². The molecule has 25 heavy (non-hydrogen) atoms. The first-order chi connectivity index (χ1) is 12.0. The predicted molar refractivity (Wildman–Crippen MR) is 94.7 cm³/mol. The van der Waals surface area contributed by atoms with E-state index in [1.807, 2.05) is 31.2 Å². The van der Waals surface area contributed by atoms with Crippen molar-refractivity contribution in [2.75, 3.05) is 20.3 Å². The molecule has 0 unspecified atom stereocenters. The Bertz CT molecular complexity index is 655. The van der Waals surface area contributed by atoms with Crippen LogP contribution in [-0.4, -0.2) is 48.2 Å². The second-order valence-electron chi connectivity index (χ2n) is 6.11. The zero-order valence-electron chi connectivity index (χ0n) is 14.9. The summed E-state index contributed by atoms with van der Waals surface area (Å²) in [4.78, 5) is 25.4. The van der Waals surface area contributed by atoms with E-state index in [9.17, 15) is 14.7 Å². The van der Waals surface area contributed by atoms with Crippen molar-refractivity contribution in [3.63, 3.8) is 0 Å². The molecule has 2 rings (SSSR count). The fourth-order valence-electron chi connectivity index (χ4n) is 3.15. The number of ether oxygens (including phenoxy) is 2. The third kappa shape index (κ3) is 4.53. The van der Waals surface area contributed by atoms with Gasteiger partial charge in [0.15, 0.2) is 18.1 Å². The molecule has 1 amide bonds. The van der Waals surface area contributed by atoms with Gasteiger partial charge in [-0.3, -0.25) is 9.59 Å². The van der Waals surface area contributed by atoms with Gasteiger partial charge in [0.25, 0.3) is 5.91 Å². The summed E-state index contributed by atoms with van der Waals surface area (Å²) >= 11 is 0. The number of rotatable bonds is 6. The number of carbonyl (C=O) groups excluding carboxylic acids is 1. The largest absolute Gasteiger partial charge is 0.493 e. The average Bonchev–Trinajstić information content (AvgIpc) is 2.60. The standard InChI is InChI=1S/C19H25NO5/c1-4-6-14-8-9-16(17(11-14)24-3)25-12-18(21)20-10-5-7-15(13(20)2)19(22)23/h4,6,8-9,11,13,15H,5,7,10,12H2,1-3H3,(H,22,23)/b6-4+/t13-,15-/m0/s1. The Balaban J connectivity index is 2.03. The lowest BCUT2D eigenvalue weighted by molar-refractivity contribution is -0.149. The number of carbonyl (C=O) groups is 2. The number of hydrogen-bond donors (Lipinski definition) is 1. The number of nitrogens with zero attached hydrogens (tertiary/aromatic N) is 1. The molecule has 0 aromatic heterocycles. The summed E-state index contributed by atoms with van der Waals surface area (Å²) in [6, 6.07) is 5.15. The molecule has 1 heterocycles.